The topological polar surface area (TPSA) is 24.1 Å². The summed E-state index contributed by atoms with van der Waals surface area (Å²) < 4.78 is 1.08. The van der Waals surface area contributed by atoms with E-state index in [0.29, 0.717) is 12.0 Å². The van der Waals surface area contributed by atoms with Gasteiger partial charge in [-0.15, -0.1) is 0 Å². The molecular weight excluding hydrogens is 308 g/mol. The minimum atomic E-state index is 0.522. The smallest absolute Gasteiger partial charge is 0.171 e. The van der Waals surface area contributed by atoms with E-state index in [2.05, 4.69) is 33.5 Å². The van der Waals surface area contributed by atoms with Crippen molar-refractivity contribution in [3.8, 4) is 0 Å². The van der Waals surface area contributed by atoms with E-state index in [0.717, 1.165) is 15.3 Å². The molecule has 1 saturated carbocycles. The molecule has 1 fully saturated rings. The van der Waals surface area contributed by atoms with Crippen LogP contribution in [-0.4, -0.2) is 11.2 Å². The number of thiocarbonyl (C=S) groups is 1. The lowest BCUT2D eigenvalue weighted by Crippen LogP contribution is -2.43. The van der Waals surface area contributed by atoms with Crippen molar-refractivity contribution < 1.29 is 0 Å². The molecule has 0 bridgehead atoms. The Morgan fingerprint density at radius 2 is 1.89 bits per heavy atom. The monoisotopic (exact) mass is 326 g/mol. The summed E-state index contributed by atoms with van der Waals surface area (Å²) in [5.41, 5.74) is 1.03. The number of anilines is 1. The first kappa shape index (κ1) is 13.8. The summed E-state index contributed by atoms with van der Waals surface area (Å²) in [5.74, 6) is 0.711. The Morgan fingerprint density at radius 3 is 2.56 bits per heavy atom. The van der Waals surface area contributed by atoms with Crippen LogP contribution in [0.5, 0.6) is 0 Å². The van der Waals surface area contributed by atoms with Crippen molar-refractivity contribution in [2.24, 2.45) is 5.92 Å². The molecule has 1 aromatic rings. The fourth-order valence-corrected chi connectivity index (χ4v) is 2.93. The molecule has 0 aromatic heterocycles. The van der Waals surface area contributed by atoms with E-state index >= 15 is 0 Å². The molecular formula is C14H19BrN2S. The lowest BCUT2D eigenvalue weighted by Gasteiger charge is -2.30. The quantitative estimate of drug-likeness (QED) is 0.792. The molecule has 2 nitrogen and oxygen atoms in total. The van der Waals surface area contributed by atoms with Crippen LogP contribution >= 0.6 is 28.1 Å². The van der Waals surface area contributed by atoms with Crippen LogP contribution in [0.2, 0.25) is 0 Å². The van der Waals surface area contributed by atoms with E-state index in [9.17, 15) is 0 Å². The van der Waals surface area contributed by atoms with E-state index in [1.807, 2.05) is 24.3 Å². The SMILES string of the molecule is CC1CCCCC1NC(=S)Nc1ccc(Br)cc1. The van der Waals surface area contributed by atoms with E-state index < -0.39 is 0 Å². The number of halogens is 1. The van der Waals surface area contributed by atoms with Gasteiger partial charge in [-0.05, 0) is 55.2 Å². The third kappa shape index (κ3) is 3.95. The molecule has 0 heterocycles. The number of nitrogens with one attached hydrogen (secondary N) is 2. The molecule has 98 valence electrons. The average molecular weight is 327 g/mol. The van der Waals surface area contributed by atoms with Crippen molar-refractivity contribution in [1.82, 2.24) is 5.32 Å². The Bertz CT molecular complexity index is 405. The molecule has 4 heteroatoms. The number of hydrogen-bond acceptors (Lipinski definition) is 1. The van der Waals surface area contributed by atoms with Crippen LogP contribution in [0.1, 0.15) is 32.6 Å². The van der Waals surface area contributed by atoms with Gasteiger partial charge in [-0.1, -0.05) is 35.7 Å². The zero-order chi connectivity index (χ0) is 13.0. The van der Waals surface area contributed by atoms with Crippen LogP contribution in [0.3, 0.4) is 0 Å². The predicted octanol–water partition coefficient (Wildman–Crippen LogP) is 4.31. The van der Waals surface area contributed by atoms with Gasteiger partial charge in [0.1, 0.15) is 0 Å². The molecule has 2 atom stereocenters. The Balaban J connectivity index is 1.86. The first-order valence-electron chi connectivity index (χ1n) is 6.48. The molecule has 2 N–H and O–H groups in total. The van der Waals surface area contributed by atoms with Gasteiger partial charge in [-0.2, -0.15) is 0 Å². The van der Waals surface area contributed by atoms with Gasteiger partial charge < -0.3 is 10.6 Å². The predicted molar refractivity (Wildman–Crippen MR) is 84.9 cm³/mol. The zero-order valence-corrected chi connectivity index (χ0v) is 13.0. The van der Waals surface area contributed by atoms with Crippen LogP contribution in [0.25, 0.3) is 0 Å². The molecule has 18 heavy (non-hydrogen) atoms. The Kier molecular flexibility index (Phi) is 5.01. The van der Waals surface area contributed by atoms with Gasteiger partial charge in [-0.25, -0.2) is 0 Å². The summed E-state index contributed by atoms with van der Waals surface area (Å²) in [6.45, 7) is 2.30. The molecule has 0 saturated heterocycles. The van der Waals surface area contributed by atoms with Crippen molar-refractivity contribution in [3.05, 3.63) is 28.7 Å². The van der Waals surface area contributed by atoms with Gasteiger partial charge >= 0.3 is 0 Å². The van der Waals surface area contributed by atoms with E-state index in [4.69, 9.17) is 12.2 Å². The summed E-state index contributed by atoms with van der Waals surface area (Å²) in [4.78, 5) is 0. The third-order valence-corrected chi connectivity index (χ3v) is 4.28. The van der Waals surface area contributed by atoms with Crippen LogP contribution in [0, 0.1) is 5.92 Å². The van der Waals surface area contributed by atoms with Gasteiger partial charge in [0.25, 0.3) is 0 Å². The second-order valence-electron chi connectivity index (χ2n) is 4.97. The highest BCUT2D eigenvalue weighted by Crippen LogP contribution is 2.23. The third-order valence-electron chi connectivity index (χ3n) is 3.53. The fourth-order valence-electron chi connectivity index (χ4n) is 2.40. The van der Waals surface area contributed by atoms with Crippen molar-refractivity contribution in [2.45, 2.75) is 38.6 Å². The van der Waals surface area contributed by atoms with Crippen LogP contribution < -0.4 is 10.6 Å². The van der Waals surface area contributed by atoms with Crippen molar-refractivity contribution in [2.75, 3.05) is 5.32 Å². The minimum Gasteiger partial charge on any atom is -0.359 e. The van der Waals surface area contributed by atoms with Gasteiger partial charge in [0.05, 0.1) is 0 Å². The zero-order valence-electron chi connectivity index (χ0n) is 10.6. The van der Waals surface area contributed by atoms with Crippen LogP contribution in [0.15, 0.2) is 28.7 Å². The van der Waals surface area contributed by atoms with Crippen LogP contribution in [-0.2, 0) is 0 Å². The minimum absolute atomic E-state index is 0.522. The highest BCUT2D eigenvalue weighted by atomic mass is 79.9. The molecule has 1 aliphatic rings. The van der Waals surface area contributed by atoms with E-state index in [-0.39, 0.29) is 0 Å². The van der Waals surface area contributed by atoms with Gasteiger partial charge in [0.15, 0.2) is 5.11 Å². The maximum atomic E-state index is 5.37. The fraction of sp³-hybridized carbons (Fsp3) is 0.500. The summed E-state index contributed by atoms with van der Waals surface area (Å²) in [6.07, 6.45) is 5.19. The van der Waals surface area contributed by atoms with Gasteiger partial charge in [-0.3, -0.25) is 0 Å². The summed E-state index contributed by atoms with van der Waals surface area (Å²) in [6, 6.07) is 8.57. The first-order chi connectivity index (χ1) is 8.65. The van der Waals surface area contributed by atoms with E-state index in [1.54, 1.807) is 0 Å². The largest absolute Gasteiger partial charge is 0.359 e. The Morgan fingerprint density at radius 1 is 1.22 bits per heavy atom. The lowest BCUT2D eigenvalue weighted by molar-refractivity contribution is 0.309. The summed E-state index contributed by atoms with van der Waals surface area (Å²) in [5, 5.41) is 7.41. The summed E-state index contributed by atoms with van der Waals surface area (Å²) in [7, 11) is 0. The highest BCUT2D eigenvalue weighted by Gasteiger charge is 2.21. The van der Waals surface area contributed by atoms with E-state index in [1.165, 1.54) is 25.7 Å². The van der Waals surface area contributed by atoms with Gasteiger partial charge in [0, 0.05) is 16.2 Å². The maximum Gasteiger partial charge on any atom is 0.171 e. The van der Waals surface area contributed by atoms with Crippen molar-refractivity contribution in [3.63, 3.8) is 0 Å². The Labute approximate surface area is 123 Å². The molecule has 1 aromatic carbocycles. The highest BCUT2D eigenvalue weighted by molar-refractivity contribution is 9.10. The second-order valence-corrected chi connectivity index (χ2v) is 6.30. The molecule has 0 radical (unpaired) electrons. The second kappa shape index (κ2) is 6.53. The van der Waals surface area contributed by atoms with Crippen molar-refractivity contribution >= 4 is 38.9 Å². The van der Waals surface area contributed by atoms with Crippen LogP contribution in [0.4, 0.5) is 5.69 Å². The molecule has 1 aliphatic carbocycles. The number of rotatable bonds is 2. The average Bonchev–Trinajstić information content (AvgIpc) is 2.35. The summed E-state index contributed by atoms with van der Waals surface area (Å²) >= 11 is 8.79. The molecule has 0 aliphatic heterocycles. The number of hydrogen-bond donors (Lipinski definition) is 2. The molecule has 2 rings (SSSR count). The van der Waals surface area contributed by atoms with Crippen molar-refractivity contribution in [1.29, 1.82) is 0 Å². The standard InChI is InChI=1S/C14H19BrN2S/c1-10-4-2-3-5-13(10)17-14(18)16-12-8-6-11(15)7-9-12/h6-10,13H,2-5H2,1H3,(H2,16,17,18). The normalized spacial score (nSPS) is 23.4. The molecule has 2 unspecified atom stereocenters. The maximum absolute atomic E-state index is 5.37. The molecule has 0 amide bonds. The number of benzene rings is 1. The van der Waals surface area contributed by atoms with Gasteiger partial charge in [0.2, 0.25) is 0 Å². The molecule has 0 spiro atoms. The first-order valence-corrected chi connectivity index (χ1v) is 7.68. The Hall–Kier alpha value is -0.610. The lowest BCUT2D eigenvalue weighted by atomic mass is 9.86.